The molecule has 0 aromatic heterocycles. The van der Waals surface area contributed by atoms with Crippen LogP contribution in [0.1, 0.15) is 48.1 Å². The summed E-state index contributed by atoms with van der Waals surface area (Å²) in [5.41, 5.74) is -3.71. The van der Waals surface area contributed by atoms with E-state index >= 15 is 0 Å². The first kappa shape index (κ1) is 24.3. The number of carbonyl (C=O) groups is 1. The molecule has 34 heavy (non-hydrogen) atoms. The molecule has 1 fully saturated rings. The number of likely N-dealkylation sites (N-methyl/N-ethyl adjacent to an activating group) is 1. The molecule has 2 aliphatic rings. The number of carbonyl (C=O) groups excluding carboxylic acids is 1. The summed E-state index contributed by atoms with van der Waals surface area (Å²) in [4.78, 5) is 18.4. The fourth-order valence-corrected chi connectivity index (χ4v) is 4.72. The van der Waals surface area contributed by atoms with E-state index in [4.69, 9.17) is 4.74 Å². The fraction of sp³-hybridized carbons (Fsp3) is 0.417. The maximum Gasteiger partial charge on any atom is 0.416 e. The van der Waals surface area contributed by atoms with Crippen molar-refractivity contribution in [1.82, 2.24) is 4.90 Å². The van der Waals surface area contributed by atoms with Crippen LogP contribution in [0, 0.1) is 0 Å². The molecule has 1 amide bonds. The van der Waals surface area contributed by atoms with Gasteiger partial charge in [-0.05, 0) is 49.1 Å². The van der Waals surface area contributed by atoms with Crippen molar-refractivity contribution in [3.63, 3.8) is 0 Å². The van der Waals surface area contributed by atoms with E-state index in [0.717, 1.165) is 5.56 Å². The summed E-state index contributed by atoms with van der Waals surface area (Å²) in [5, 5.41) is 0. The molecule has 182 valence electrons. The number of hydrogen-bond donors (Lipinski definition) is 0. The summed E-state index contributed by atoms with van der Waals surface area (Å²) in [7, 11) is 1.60. The molecular weight excluding hydrogens is 462 g/mol. The minimum Gasteiger partial charge on any atom is -0.373 e. The molecule has 0 unspecified atom stereocenters. The standard InChI is InChI=1S/C24H22F6N2O2/c1-15(16-8-18(23(25,26)27)10-19(9-16)24(28,29)30)34-13-21(17-6-4-3-5-7-17)11-22(12-21)20(33)32(2)14-31-22/h3-10,14-15H,11-13H2,1-2H3/t15-,21?,22?/m1/s1. The Balaban J connectivity index is 1.60. The van der Waals surface area contributed by atoms with E-state index in [1.807, 2.05) is 30.3 Å². The van der Waals surface area contributed by atoms with Crippen molar-refractivity contribution in [2.45, 2.75) is 49.2 Å². The molecule has 1 atom stereocenters. The Morgan fingerprint density at radius 3 is 2.03 bits per heavy atom. The number of hydrogen-bond acceptors (Lipinski definition) is 3. The van der Waals surface area contributed by atoms with Crippen LogP contribution in [0.3, 0.4) is 0 Å². The van der Waals surface area contributed by atoms with Crippen LogP contribution in [-0.2, 0) is 27.3 Å². The van der Waals surface area contributed by atoms with Crippen molar-refractivity contribution in [3.05, 3.63) is 70.8 Å². The SMILES string of the molecule is C[C@@H](OCC1(c2ccccc2)CC2(C1)N=CN(C)C2=O)c1cc(C(F)(F)F)cc(C(F)(F)F)c1. The van der Waals surface area contributed by atoms with Crippen LogP contribution in [0.15, 0.2) is 53.5 Å². The monoisotopic (exact) mass is 484 g/mol. The van der Waals surface area contributed by atoms with Crippen molar-refractivity contribution >= 4 is 12.2 Å². The van der Waals surface area contributed by atoms with Crippen molar-refractivity contribution in [2.24, 2.45) is 4.99 Å². The minimum absolute atomic E-state index is 0.00401. The average Bonchev–Trinajstić information content (AvgIpc) is 3.04. The smallest absolute Gasteiger partial charge is 0.373 e. The molecule has 4 rings (SSSR count). The number of rotatable bonds is 5. The van der Waals surface area contributed by atoms with Gasteiger partial charge in [-0.2, -0.15) is 26.3 Å². The quantitative estimate of drug-likeness (QED) is 0.506. The zero-order chi connectivity index (χ0) is 24.9. The van der Waals surface area contributed by atoms with Gasteiger partial charge < -0.3 is 9.64 Å². The van der Waals surface area contributed by atoms with Crippen LogP contribution in [0.4, 0.5) is 26.3 Å². The van der Waals surface area contributed by atoms with E-state index < -0.39 is 40.5 Å². The Hall–Kier alpha value is -2.88. The number of ether oxygens (including phenoxy) is 1. The van der Waals surface area contributed by atoms with E-state index in [0.29, 0.717) is 25.0 Å². The third kappa shape index (κ3) is 4.31. The molecule has 2 aromatic carbocycles. The molecule has 1 aliphatic carbocycles. The Kier molecular flexibility index (Phi) is 5.78. The van der Waals surface area contributed by atoms with Gasteiger partial charge >= 0.3 is 12.4 Å². The van der Waals surface area contributed by atoms with Crippen molar-refractivity contribution in [2.75, 3.05) is 13.7 Å². The predicted molar refractivity (Wildman–Crippen MR) is 112 cm³/mol. The molecule has 1 heterocycles. The van der Waals surface area contributed by atoms with E-state index in [1.165, 1.54) is 18.2 Å². The zero-order valence-corrected chi connectivity index (χ0v) is 18.4. The summed E-state index contributed by atoms with van der Waals surface area (Å²) >= 11 is 0. The van der Waals surface area contributed by atoms with Crippen LogP contribution in [-0.4, -0.2) is 36.3 Å². The number of nitrogens with zero attached hydrogens (tertiary/aromatic N) is 2. The summed E-state index contributed by atoms with van der Waals surface area (Å²) < 4.78 is 85.3. The van der Waals surface area contributed by atoms with Crippen LogP contribution < -0.4 is 0 Å². The first-order valence-electron chi connectivity index (χ1n) is 10.5. The van der Waals surface area contributed by atoms with Gasteiger partial charge in [-0.15, -0.1) is 0 Å². The molecular formula is C24H22F6N2O2. The molecule has 2 aromatic rings. The lowest BCUT2D eigenvalue weighted by atomic mass is 9.54. The van der Waals surface area contributed by atoms with Gasteiger partial charge in [-0.25, -0.2) is 0 Å². The summed E-state index contributed by atoms with van der Waals surface area (Å²) in [6, 6.07) is 10.6. The maximum atomic E-state index is 13.2. The second-order valence-corrected chi connectivity index (χ2v) is 8.98. The van der Waals surface area contributed by atoms with E-state index in [-0.39, 0.29) is 24.1 Å². The summed E-state index contributed by atoms with van der Waals surface area (Å²) in [6.45, 7) is 1.42. The molecule has 0 saturated heterocycles. The molecule has 4 nitrogen and oxygen atoms in total. The van der Waals surface area contributed by atoms with Gasteiger partial charge in [0.1, 0.15) is 5.54 Å². The highest BCUT2D eigenvalue weighted by Crippen LogP contribution is 2.55. The number of aliphatic imine (C=N–C) groups is 1. The third-order valence-corrected chi connectivity index (χ3v) is 6.53. The van der Waals surface area contributed by atoms with E-state index in [2.05, 4.69) is 4.99 Å². The van der Waals surface area contributed by atoms with Gasteiger partial charge in [-0.3, -0.25) is 9.79 Å². The van der Waals surface area contributed by atoms with Crippen LogP contribution in [0.5, 0.6) is 0 Å². The van der Waals surface area contributed by atoms with E-state index in [9.17, 15) is 31.1 Å². The third-order valence-electron chi connectivity index (χ3n) is 6.53. The van der Waals surface area contributed by atoms with Crippen LogP contribution in [0.25, 0.3) is 0 Å². The average molecular weight is 484 g/mol. The normalized spacial score (nSPS) is 25.6. The fourth-order valence-electron chi connectivity index (χ4n) is 4.72. The van der Waals surface area contributed by atoms with Gasteiger partial charge in [0.05, 0.1) is 30.2 Å². The highest BCUT2D eigenvalue weighted by atomic mass is 19.4. The van der Waals surface area contributed by atoms with Gasteiger partial charge in [0, 0.05) is 12.5 Å². The van der Waals surface area contributed by atoms with Crippen molar-refractivity contribution < 1.29 is 35.9 Å². The molecule has 0 radical (unpaired) electrons. The van der Waals surface area contributed by atoms with Gasteiger partial charge in [0.25, 0.3) is 5.91 Å². The Labute approximate surface area is 192 Å². The number of amides is 1. The molecule has 10 heteroatoms. The molecule has 1 saturated carbocycles. The number of halogens is 6. The minimum atomic E-state index is -4.94. The van der Waals surface area contributed by atoms with Gasteiger partial charge in [-0.1, -0.05) is 30.3 Å². The first-order chi connectivity index (χ1) is 15.8. The Morgan fingerprint density at radius 1 is 1.00 bits per heavy atom. The lowest BCUT2D eigenvalue weighted by molar-refractivity contribution is -0.143. The molecule has 0 bridgehead atoms. The lowest BCUT2D eigenvalue weighted by Crippen LogP contribution is -2.60. The highest BCUT2D eigenvalue weighted by Gasteiger charge is 2.62. The van der Waals surface area contributed by atoms with Crippen molar-refractivity contribution in [1.29, 1.82) is 0 Å². The van der Waals surface area contributed by atoms with Gasteiger partial charge in [0.15, 0.2) is 0 Å². The largest absolute Gasteiger partial charge is 0.416 e. The topological polar surface area (TPSA) is 41.9 Å². The number of benzene rings is 2. The second-order valence-electron chi connectivity index (χ2n) is 8.98. The summed E-state index contributed by atoms with van der Waals surface area (Å²) in [6.07, 6.45) is -8.81. The Morgan fingerprint density at radius 2 is 1.56 bits per heavy atom. The van der Waals surface area contributed by atoms with Crippen LogP contribution in [0.2, 0.25) is 0 Å². The summed E-state index contributed by atoms with van der Waals surface area (Å²) in [5.74, 6) is -0.153. The predicted octanol–water partition coefficient (Wildman–Crippen LogP) is 5.77. The lowest BCUT2D eigenvalue weighted by Gasteiger charge is -2.52. The van der Waals surface area contributed by atoms with Crippen molar-refractivity contribution in [3.8, 4) is 0 Å². The van der Waals surface area contributed by atoms with Crippen LogP contribution >= 0.6 is 0 Å². The van der Waals surface area contributed by atoms with E-state index in [1.54, 1.807) is 7.05 Å². The first-order valence-corrected chi connectivity index (χ1v) is 10.5. The molecule has 0 N–H and O–H groups in total. The maximum absolute atomic E-state index is 13.2. The zero-order valence-electron chi connectivity index (χ0n) is 18.4. The highest BCUT2D eigenvalue weighted by molar-refractivity contribution is 6.01. The number of alkyl halides is 6. The molecule has 1 spiro atoms. The second kappa shape index (κ2) is 8.11. The Bertz CT molecular complexity index is 1070. The molecule has 1 aliphatic heterocycles. The van der Waals surface area contributed by atoms with Gasteiger partial charge in [0.2, 0.25) is 0 Å².